The third-order valence-electron chi connectivity index (χ3n) is 5.35. The molecule has 0 bridgehead atoms. The Morgan fingerprint density at radius 1 is 0.667 bits per heavy atom. The van der Waals surface area contributed by atoms with Gasteiger partial charge in [0.25, 0.3) is 0 Å². The molecule has 0 aromatic heterocycles. The van der Waals surface area contributed by atoms with Crippen LogP contribution in [0.3, 0.4) is 0 Å². The van der Waals surface area contributed by atoms with E-state index in [0.29, 0.717) is 16.7 Å². The first-order chi connectivity index (χ1) is 15.9. The molecule has 0 aliphatic carbocycles. The lowest BCUT2D eigenvalue weighted by Gasteiger charge is -2.08. The quantitative estimate of drug-likeness (QED) is 0.243. The van der Waals surface area contributed by atoms with E-state index in [-0.39, 0.29) is 36.4 Å². The van der Waals surface area contributed by atoms with Crippen LogP contribution in [-0.2, 0) is 24.2 Å². The number of fused-ring (bicyclic) bond motifs is 1. The van der Waals surface area contributed by atoms with Crippen molar-refractivity contribution >= 4 is 10.8 Å². The molecule has 4 aromatic rings. The van der Waals surface area contributed by atoms with Gasteiger partial charge >= 0.3 is 0 Å². The molecule has 0 aliphatic heterocycles. The van der Waals surface area contributed by atoms with Crippen LogP contribution in [0.5, 0.6) is 0 Å². The molecule has 0 N–H and O–H groups in total. The molecule has 0 radical (unpaired) electrons. The lowest BCUT2D eigenvalue weighted by molar-refractivity contribution is 0.184. The number of ether oxygens (including phenoxy) is 1. The Morgan fingerprint density at radius 2 is 1.36 bits per heavy atom. The molecule has 0 saturated carbocycles. The van der Waals surface area contributed by atoms with Crippen LogP contribution in [0.25, 0.3) is 10.8 Å². The average molecular weight is 448 g/mol. The Labute approximate surface area is 189 Å². The Kier molecular flexibility index (Phi) is 6.76. The highest BCUT2D eigenvalue weighted by atomic mass is 19.1. The normalized spacial score (nSPS) is 10.8. The summed E-state index contributed by atoms with van der Waals surface area (Å²) >= 11 is 0. The van der Waals surface area contributed by atoms with E-state index < -0.39 is 17.5 Å². The highest BCUT2D eigenvalue weighted by molar-refractivity contribution is 5.84. The summed E-state index contributed by atoms with van der Waals surface area (Å²) in [5.74, 6) is 3.65. The summed E-state index contributed by atoms with van der Waals surface area (Å²) in [5.41, 5.74) is 1.91. The van der Waals surface area contributed by atoms with Gasteiger partial charge < -0.3 is 4.74 Å². The Morgan fingerprint density at radius 3 is 2.09 bits per heavy atom. The predicted octanol–water partition coefficient (Wildman–Crippen LogP) is 6.73. The lowest BCUT2D eigenvalue weighted by atomic mass is 10.0. The molecule has 1 nitrogen and oxygen atoms in total. The van der Waals surface area contributed by atoms with Crippen LogP contribution in [0.1, 0.15) is 27.8 Å². The number of rotatable bonds is 5. The molecule has 0 fully saturated rings. The van der Waals surface area contributed by atoms with Gasteiger partial charge in [0.15, 0.2) is 0 Å². The summed E-state index contributed by atoms with van der Waals surface area (Å²) in [6, 6.07) is 16.9. The first-order valence-electron chi connectivity index (χ1n) is 10.4. The summed E-state index contributed by atoms with van der Waals surface area (Å²) in [6.07, 6.45) is 0.385. The summed E-state index contributed by atoms with van der Waals surface area (Å²) in [4.78, 5) is 0. The number of benzene rings is 4. The molecule has 4 aromatic carbocycles. The van der Waals surface area contributed by atoms with Crippen LogP contribution in [0, 0.1) is 35.1 Å². The van der Waals surface area contributed by atoms with Gasteiger partial charge in [-0.25, -0.2) is 17.6 Å². The lowest BCUT2D eigenvalue weighted by Crippen LogP contribution is -2.02. The minimum atomic E-state index is -0.636. The fraction of sp³-hybridized carbons (Fsp3) is 0.143. The zero-order valence-corrected chi connectivity index (χ0v) is 17.9. The molecule has 166 valence electrons. The Balaban J connectivity index is 1.48. The van der Waals surface area contributed by atoms with Crippen molar-refractivity contribution < 1.29 is 22.3 Å². The topological polar surface area (TPSA) is 9.23 Å². The molecule has 0 heterocycles. The smallest absolute Gasteiger partial charge is 0.139 e. The van der Waals surface area contributed by atoms with E-state index in [1.54, 1.807) is 30.3 Å². The number of methoxy groups -OCH3 is 1. The molecular formula is C28H20F4O. The fourth-order valence-corrected chi connectivity index (χ4v) is 3.66. The van der Waals surface area contributed by atoms with Crippen LogP contribution in [-0.4, -0.2) is 7.11 Å². The van der Waals surface area contributed by atoms with Gasteiger partial charge in [-0.05, 0) is 83.3 Å². The minimum absolute atomic E-state index is 0.0321. The zero-order chi connectivity index (χ0) is 23.4. The van der Waals surface area contributed by atoms with E-state index >= 15 is 0 Å². The molecule has 0 aliphatic rings. The standard InChI is InChI=1S/C28H20F4O/c1-33-17-20-14-27(31)25(28(32)15-20)11-5-19-3-7-21(26(30)13-19)6-2-18-4-8-23-16-24(29)10-9-22(23)12-18/h3-4,7-10,12-16H,5,11,17H2,1H3. The van der Waals surface area contributed by atoms with Gasteiger partial charge in [0, 0.05) is 18.2 Å². The average Bonchev–Trinajstić information content (AvgIpc) is 2.78. The van der Waals surface area contributed by atoms with Gasteiger partial charge in [0.1, 0.15) is 23.3 Å². The van der Waals surface area contributed by atoms with E-state index in [0.717, 1.165) is 10.8 Å². The first-order valence-corrected chi connectivity index (χ1v) is 10.4. The number of hydrogen-bond acceptors (Lipinski definition) is 1. The van der Waals surface area contributed by atoms with Crippen molar-refractivity contribution in [3.8, 4) is 11.8 Å². The third kappa shape index (κ3) is 5.42. The largest absolute Gasteiger partial charge is 0.380 e. The highest BCUT2D eigenvalue weighted by Gasteiger charge is 2.12. The van der Waals surface area contributed by atoms with Crippen LogP contribution in [0.15, 0.2) is 66.7 Å². The summed E-state index contributed by atoms with van der Waals surface area (Å²) < 4.78 is 61.3. The van der Waals surface area contributed by atoms with Gasteiger partial charge in [0.05, 0.1) is 12.2 Å². The predicted molar refractivity (Wildman–Crippen MR) is 121 cm³/mol. The van der Waals surface area contributed by atoms with Gasteiger partial charge in [-0.2, -0.15) is 0 Å². The SMILES string of the molecule is COCc1cc(F)c(CCc2ccc(C#Cc3ccc4cc(F)ccc4c3)c(F)c2)c(F)c1. The van der Waals surface area contributed by atoms with Crippen molar-refractivity contribution in [2.45, 2.75) is 19.4 Å². The van der Waals surface area contributed by atoms with E-state index in [4.69, 9.17) is 4.74 Å². The molecule has 0 saturated heterocycles. The molecular weight excluding hydrogens is 428 g/mol. The number of halogens is 4. The Bertz CT molecular complexity index is 1360. The maximum Gasteiger partial charge on any atom is 0.139 e. The van der Waals surface area contributed by atoms with Crippen molar-refractivity contribution in [3.05, 3.63) is 118 Å². The second-order valence-electron chi connectivity index (χ2n) is 7.74. The molecule has 33 heavy (non-hydrogen) atoms. The Hall–Kier alpha value is -3.62. The van der Waals surface area contributed by atoms with Crippen LogP contribution in [0.4, 0.5) is 17.6 Å². The van der Waals surface area contributed by atoms with E-state index in [1.165, 1.54) is 37.4 Å². The minimum Gasteiger partial charge on any atom is -0.380 e. The van der Waals surface area contributed by atoms with Crippen LogP contribution in [0.2, 0.25) is 0 Å². The van der Waals surface area contributed by atoms with Crippen molar-refractivity contribution in [2.24, 2.45) is 0 Å². The summed E-state index contributed by atoms with van der Waals surface area (Å²) in [5, 5.41) is 1.60. The number of aryl methyl sites for hydroxylation is 1. The van der Waals surface area contributed by atoms with Gasteiger partial charge in [-0.3, -0.25) is 0 Å². The highest BCUT2D eigenvalue weighted by Crippen LogP contribution is 2.20. The summed E-state index contributed by atoms with van der Waals surface area (Å²) in [6.45, 7) is 0.125. The van der Waals surface area contributed by atoms with Crippen LogP contribution >= 0.6 is 0 Å². The van der Waals surface area contributed by atoms with Gasteiger partial charge in [0.2, 0.25) is 0 Å². The van der Waals surface area contributed by atoms with Gasteiger partial charge in [-0.1, -0.05) is 30.0 Å². The molecule has 0 atom stereocenters. The second-order valence-corrected chi connectivity index (χ2v) is 7.74. The van der Waals surface area contributed by atoms with Gasteiger partial charge in [-0.15, -0.1) is 0 Å². The van der Waals surface area contributed by atoms with E-state index in [9.17, 15) is 17.6 Å². The molecule has 0 amide bonds. The maximum absolute atomic E-state index is 14.6. The zero-order valence-electron chi connectivity index (χ0n) is 17.9. The molecule has 5 heteroatoms. The number of hydrogen-bond donors (Lipinski definition) is 0. The maximum atomic E-state index is 14.6. The molecule has 0 unspecified atom stereocenters. The van der Waals surface area contributed by atoms with E-state index in [1.807, 2.05) is 6.07 Å². The molecule has 0 spiro atoms. The summed E-state index contributed by atoms with van der Waals surface area (Å²) in [7, 11) is 1.45. The van der Waals surface area contributed by atoms with Crippen molar-refractivity contribution in [1.29, 1.82) is 0 Å². The van der Waals surface area contributed by atoms with Crippen molar-refractivity contribution in [1.82, 2.24) is 0 Å². The van der Waals surface area contributed by atoms with Crippen molar-refractivity contribution in [2.75, 3.05) is 7.11 Å². The monoisotopic (exact) mass is 448 g/mol. The third-order valence-corrected chi connectivity index (χ3v) is 5.35. The molecule has 4 rings (SSSR count). The van der Waals surface area contributed by atoms with E-state index in [2.05, 4.69) is 11.8 Å². The second kappa shape index (κ2) is 9.89. The van der Waals surface area contributed by atoms with Crippen molar-refractivity contribution in [3.63, 3.8) is 0 Å². The fourth-order valence-electron chi connectivity index (χ4n) is 3.66. The first kappa shape index (κ1) is 22.6. The van der Waals surface area contributed by atoms with Crippen LogP contribution < -0.4 is 0 Å².